The van der Waals surface area contributed by atoms with Gasteiger partial charge in [0.15, 0.2) is 5.11 Å². The number of rotatable bonds is 6. The van der Waals surface area contributed by atoms with E-state index in [4.69, 9.17) is 17.0 Å². The standard InChI is InChI=1S/C22H27N3OS/c1-15(24-22(27)25-21-12-16-4-5-19(21)11-16)18-6-8-20(9-7-18)26-14-17-3-2-10-23-13-17/h2-3,6-10,13,15-16,19,21H,4-5,11-12,14H2,1H3,(H2,24,25,27). The smallest absolute Gasteiger partial charge is 0.166 e. The number of benzene rings is 1. The van der Waals surface area contributed by atoms with Crippen molar-refractivity contribution in [2.24, 2.45) is 11.8 Å². The van der Waals surface area contributed by atoms with Gasteiger partial charge in [-0.2, -0.15) is 0 Å². The molecule has 2 bridgehead atoms. The van der Waals surface area contributed by atoms with Gasteiger partial charge in [-0.05, 0) is 74.0 Å². The third kappa shape index (κ3) is 4.59. The first-order chi connectivity index (χ1) is 13.2. The van der Waals surface area contributed by atoms with Crippen LogP contribution >= 0.6 is 12.2 Å². The van der Waals surface area contributed by atoms with Gasteiger partial charge in [0.25, 0.3) is 0 Å². The van der Waals surface area contributed by atoms with Crippen molar-refractivity contribution in [1.82, 2.24) is 15.6 Å². The summed E-state index contributed by atoms with van der Waals surface area (Å²) in [4.78, 5) is 4.10. The molecule has 4 atom stereocenters. The zero-order valence-electron chi connectivity index (χ0n) is 15.7. The maximum Gasteiger partial charge on any atom is 0.166 e. The molecule has 1 heterocycles. The highest BCUT2D eigenvalue weighted by atomic mass is 32.1. The second-order valence-corrected chi connectivity index (χ2v) is 8.25. The van der Waals surface area contributed by atoms with Crippen LogP contribution in [0.4, 0.5) is 0 Å². The molecule has 2 aromatic rings. The Morgan fingerprint density at radius 1 is 1.22 bits per heavy atom. The number of fused-ring (bicyclic) bond motifs is 2. The molecule has 0 amide bonds. The van der Waals surface area contributed by atoms with E-state index in [0.717, 1.165) is 28.3 Å². The first-order valence-electron chi connectivity index (χ1n) is 9.86. The molecule has 0 radical (unpaired) electrons. The summed E-state index contributed by atoms with van der Waals surface area (Å²) < 4.78 is 5.83. The van der Waals surface area contributed by atoms with Crippen LogP contribution in [0.5, 0.6) is 5.75 Å². The average Bonchev–Trinajstić information content (AvgIpc) is 3.30. The van der Waals surface area contributed by atoms with Gasteiger partial charge in [-0.1, -0.05) is 24.6 Å². The van der Waals surface area contributed by atoms with Crippen molar-refractivity contribution in [2.45, 2.75) is 51.3 Å². The van der Waals surface area contributed by atoms with Crippen LogP contribution in [0.2, 0.25) is 0 Å². The van der Waals surface area contributed by atoms with Gasteiger partial charge in [-0.3, -0.25) is 4.98 Å². The Labute approximate surface area is 166 Å². The molecular weight excluding hydrogens is 354 g/mol. The number of aromatic nitrogens is 1. The van der Waals surface area contributed by atoms with E-state index in [1.165, 1.54) is 31.2 Å². The van der Waals surface area contributed by atoms with E-state index in [1.807, 2.05) is 30.5 Å². The maximum atomic E-state index is 5.83. The van der Waals surface area contributed by atoms with Crippen LogP contribution in [0.3, 0.4) is 0 Å². The van der Waals surface area contributed by atoms with Crippen LogP contribution in [-0.2, 0) is 6.61 Å². The molecule has 4 unspecified atom stereocenters. The first kappa shape index (κ1) is 18.2. The normalized spacial score (nSPS) is 24.4. The molecule has 2 fully saturated rings. The monoisotopic (exact) mass is 381 g/mol. The van der Waals surface area contributed by atoms with Crippen molar-refractivity contribution < 1.29 is 4.74 Å². The molecule has 2 aliphatic carbocycles. The fraction of sp³-hybridized carbons (Fsp3) is 0.455. The van der Waals surface area contributed by atoms with E-state index in [-0.39, 0.29) is 6.04 Å². The van der Waals surface area contributed by atoms with Crippen LogP contribution in [0.25, 0.3) is 0 Å². The van der Waals surface area contributed by atoms with Gasteiger partial charge in [0, 0.05) is 24.0 Å². The van der Waals surface area contributed by atoms with Crippen LogP contribution in [-0.4, -0.2) is 16.1 Å². The third-order valence-corrected chi connectivity index (χ3v) is 6.15. The zero-order valence-corrected chi connectivity index (χ0v) is 16.5. The van der Waals surface area contributed by atoms with E-state index in [9.17, 15) is 0 Å². The number of nitrogens with one attached hydrogen (secondary N) is 2. The lowest BCUT2D eigenvalue weighted by Gasteiger charge is -2.26. The van der Waals surface area contributed by atoms with E-state index < -0.39 is 0 Å². The van der Waals surface area contributed by atoms with E-state index in [1.54, 1.807) is 6.20 Å². The fourth-order valence-electron chi connectivity index (χ4n) is 4.41. The summed E-state index contributed by atoms with van der Waals surface area (Å²) in [6.45, 7) is 2.67. The minimum Gasteiger partial charge on any atom is -0.489 e. The van der Waals surface area contributed by atoms with Crippen LogP contribution in [0.1, 0.15) is 49.8 Å². The molecule has 27 heavy (non-hydrogen) atoms. The summed E-state index contributed by atoms with van der Waals surface area (Å²) in [5, 5.41) is 7.76. The predicted octanol–water partition coefficient (Wildman–Crippen LogP) is 4.37. The van der Waals surface area contributed by atoms with Crippen molar-refractivity contribution in [3.05, 3.63) is 59.9 Å². The Kier molecular flexibility index (Phi) is 5.58. The third-order valence-electron chi connectivity index (χ3n) is 5.91. The van der Waals surface area contributed by atoms with Gasteiger partial charge in [0.05, 0.1) is 6.04 Å². The van der Waals surface area contributed by atoms with Crippen LogP contribution < -0.4 is 15.4 Å². The Balaban J connectivity index is 1.26. The van der Waals surface area contributed by atoms with Crippen molar-refractivity contribution in [3.63, 3.8) is 0 Å². The predicted molar refractivity (Wildman–Crippen MR) is 112 cm³/mol. The highest BCUT2D eigenvalue weighted by Gasteiger charge is 2.39. The Hall–Kier alpha value is -2.14. The Morgan fingerprint density at radius 3 is 2.74 bits per heavy atom. The minimum atomic E-state index is 0.163. The molecule has 4 rings (SSSR count). The maximum absolute atomic E-state index is 5.83. The van der Waals surface area contributed by atoms with Gasteiger partial charge in [0.2, 0.25) is 0 Å². The number of nitrogens with zero attached hydrogens (tertiary/aromatic N) is 1. The largest absolute Gasteiger partial charge is 0.489 e. The van der Waals surface area contributed by atoms with Crippen molar-refractivity contribution in [3.8, 4) is 5.75 Å². The molecule has 142 valence electrons. The number of pyridine rings is 1. The fourth-order valence-corrected chi connectivity index (χ4v) is 4.74. The lowest BCUT2D eigenvalue weighted by Crippen LogP contribution is -2.44. The van der Waals surface area contributed by atoms with Crippen molar-refractivity contribution in [1.29, 1.82) is 0 Å². The minimum absolute atomic E-state index is 0.163. The highest BCUT2D eigenvalue weighted by Crippen LogP contribution is 2.44. The molecule has 4 nitrogen and oxygen atoms in total. The van der Waals surface area contributed by atoms with Gasteiger partial charge < -0.3 is 15.4 Å². The number of ether oxygens (including phenoxy) is 1. The van der Waals surface area contributed by atoms with E-state index >= 15 is 0 Å². The Bertz CT molecular complexity index is 765. The lowest BCUT2D eigenvalue weighted by atomic mass is 9.95. The summed E-state index contributed by atoms with van der Waals surface area (Å²) in [7, 11) is 0. The zero-order chi connectivity index (χ0) is 18.6. The molecule has 2 N–H and O–H groups in total. The summed E-state index contributed by atoms with van der Waals surface area (Å²) in [6, 6.07) is 12.9. The number of thiocarbonyl (C=S) groups is 1. The highest BCUT2D eigenvalue weighted by molar-refractivity contribution is 7.80. The summed E-state index contributed by atoms with van der Waals surface area (Å²) in [5.41, 5.74) is 2.26. The molecule has 1 aromatic heterocycles. The van der Waals surface area contributed by atoms with Gasteiger partial charge in [0.1, 0.15) is 12.4 Å². The topological polar surface area (TPSA) is 46.2 Å². The summed E-state index contributed by atoms with van der Waals surface area (Å²) in [5.74, 6) is 2.60. The number of hydrogen-bond acceptors (Lipinski definition) is 3. The van der Waals surface area contributed by atoms with E-state index in [2.05, 4.69) is 34.7 Å². The second kappa shape index (κ2) is 8.26. The molecular formula is C22H27N3OS. The van der Waals surface area contributed by atoms with Crippen LogP contribution in [0, 0.1) is 11.8 Å². The summed E-state index contributed by atoms with van der Waals surface area (Å²) in [6.07, 6.45) is 9.03. The van der Waals surface area contributed by atoms with Gasteiger partial charge in [-0.25, -0.2) is 0 Å². The van der Waals surface area contributed by atoms with Gasteiger partial charge in [-0.15, -0.1) is 0 Å². The van der Waals surface area contributed by atoms with Crippen molar-refractivity contribution >= 4 is 17.3 Å². The average molecular weight is 382 g/mol. The molecule has 1 aromatic carbocycles. The molecule has 0 aliphatic heterocycles. The van der Waals surface area contributed by atoms with Crippen molar-refractivity contribution in [2.75, 3.05) is 0 Å². The summed E-state index contributed by atoms with van der Waals surface area (Å²) >= 11 is 5.55. The first-order valence-corrected chi connectivity index (χ1v) is 10.3. The quantitative estimate of drug-likeness (QED) is 0.728. The number of hydrogen-bond donors (Lipinski definition) is 2. The van der Waals surface area contributed by atoms with E-state index in [0.29, 0.717) is 12.6 Å². The molecule has 0 spiro atoms. The SMILES string of the molecule is CC(NC(=S)NC1CC2CCC1C2)c1ccc(OCc2cccnc2)cc1. The molecule has 2 aliphatic rings. The Morgan fingerprint density at radius 2 is 2.07 bits per heavy atom. The van der Waals surface area contributed by atoms with Crippen LogP contribution in [0.15, 0.2) is 48.8 Å². The molecule has 0 saturated heterocycles. The molecule has 5 heteroatoms. The molecule has 2 saturated carbocycles. The lowest BCUT2D eigenvalue weighted by molar-refractivity contribution is 0.305. The van der Waals surface area contributed by atoms with Gasteiger partial charge >= 0.3 is 0 Å². The second-order valence-electron chi connectivity index (χ2n) is 7.84.